The van der Waals surface area contributed by atoms with Crippen molar-refractivity contribution in [3.8, 4) is 0 Å². The second kappa shape index (κ2) is 1.13. The van der Waals surface area contributed by atoms with Gasteiger partial charge in [-0.05, 0) is 19.3 Å². The van der Waals surface area contributed by atoms with Gasteiger partial charge in [0.15, 0.2) is 0 Å². The first-order chi connectivity index (χ1) is 3.68. The molecule has 0 spiro atoms. The number of hydrogen-bond donors (Lipinski definition) is 2. The Morgan fingerprint density at radius 3 is 2.00 bits per heavy atom. The summed E-state index contributed by atoms with van der Waals surface area (Å²) in [6.45, 7) is 0. The van der Waals surface area contributed by atoms with Crippen molar-refractivity contribution in [3.05, 3.63) is 0 Å². The van der Waals surface area contributed by atoms with Crippen LogP contribution in [0.4, 0.5) is 0 Å². The molecule has 46 valence electrons. The summed E-state index contributed by atoms with van der Waals surface area (Å²) in [7, 11) is 0. The van der Waals surface area contributed by atoms with E-state index in [0.29, 0.717) is 9.86 Å². The van der Waals surface area contributed by atoms with Crippen LogP contribution in [0.1, 0.15) is 19.3 Å². The third kappa shape index (κ3) is 0.408. The van der Waals surface area contributed by atoms with Gasteiger partial charge in [0.2, 0.25) is 0 Å². The second-order valence-electron chi connectivity index (χ2n) is 3.11. The number of nitrogens with one attached hydrogen (secondary N) is 1. The molecule has 3 N–H and O–H groups in total. The van der Waals surface area contributed by atoms with Gasteiger partial charge in [-0.15, -0.1) is 0 Å². The van der Waals surface area contributed by atoms with Crippen molar-refractivity contribution in [2.24, 2.45) is 5.84 Å². The zero-order valence-electron chi connectivity index (χ0n) is 4.58. The highest BCUT2D eigenvalue weighted by Crippen LogP contribution is 2.65. The average Bonchev–Trinajstić information content (AvgIpc) is 1.55. The van der Waals surface area contributed by atoms with Crippen LogP contribution >= 0.6 is 15.9 Å². The van der Waals surface area contributed by atoms with Crippen LogP contribution in [0.25, 0.3) is 0 Å². The Morgan fingerprint density at radius 1 is 1.38 bits per heavy atom. The van der Waals surface area contributed by atoms with E-state index in [9.17, 15) is 0 Å². The molecule has 0 amide bonds. The third-order valence-electron chi connectivity index (χ3n) is 2.27. The van der Waals surface area contributed by atoms with E-state index in [1.54, 1.807) is 0 Å². The molecule has 0 aromatic carbocycles. The molecule has 3 saturated carbocycles. The number of alkyl halides is 1. The highest BCUT2D eigenvalue weighted by atomic mass is 79.9. The smallest absolute Gasteiger partial charge is 0.0361 e. The summed E-state index contributed by atoms with van der Waals surface area (Å²) in [4.78, 5) is 0. The van der Waals surface area contributed by atoms with Gasteiger partial charge in [0.05, 0.1) is 0 Å². The normalized spacial score (nSPS) is 59.2. The van der Waals surface area contributed by atoms with Gasteiger partial charge in [-0.3, -0.25) is 11.3 Å². The van der Waals surface area contributed by atoms with Crippen LogP contribution in [0.5, 0.6) is 0 Å². The third-order valence-corrected chi connectivity index (χ3v) is 3.11. The maximum Gasteiger partial charge on any atom is 0.0361 e. The monoisotopic (exact) mass is 176 g/mol. The number of halogens is 1. The maximum atomic E-state index is 5.29. The standard InChI is InChI=1S/C5H9BrN2/c6-4-1-5(2-4,3-4)8-7/h8H,1-3,7H2. The van der Waals surface area contributed by atoms with E-state index >= 15 is 0 Å². The summed E-state index contributed by atoms with van der Waals surface area (Å²) in [5.74, 6) is 5.29. The minimum atomic E-state index is 0.351. The van der Waals surface area contributed by atoms with Crippen molar-refractivity contribution in [2.75, 3.05) is 0 Å². The van der Waals surface area contributed by atoms with Crippen molar-refractivity contribution in [1.82, 2.24) is 5.43 Å². The van der Waals surface area contributed by atoms with Crippen molar-refractivity contribution in [2.45, 2.75) is 29.1 Å². The first-order valence-corrected chi connectivity index (χ1v) is 3.64. The van der Waals surface area contributed by atoms with Crippen molar-refractivity contribution in [1.29, 1.82) is 0 Å². The summed E-state index contributed by atoms with van der Waals surface area (Å²) in [5, 5.41) is 0. The number of hydrazine groups is 1. The van der Waals surface area contributed by atoms with Crippen LogP contribution in [0.15, 0.2) is 0 Å². The van der Waals surface area contributed by atoms with E-state index in [-0.39, 0.29) is 0 Å². The fourth-order valence-electron chi connectivity index (χ4n) is 1.82. The molecule has 0 aliphatic heterocycles. The fourth-order valence-corrected chi connectivity index (χ4v) is 3.43. The SMILES string of the molecule is NNC12CC(Br)(C1)C2. The first kappa shape index (κ1) is 5.21. The van der Waals surface area contributed by atoms with Gasteiger partial charge in [0.25, 0.3) is 0 Å². The molecule has 2 nitrogen and oxygen atoms in total. The number of rotatable bonds is 1. The van der Waals surface area contributed by atoms with Crippen LogP contribution in [-0.4, -0.2) is 9.86 Å². The molecule has 8 heavy (non-hydrogen) atoms. The van der Waals surface area contributed by atoms with E-state index in [2.05, 4.69) is 21.4 Å². The predicted molar refractivity (Wildman–Crippen MR) is 35.6 cm³/mol. The molecule has 0 aromatic rings. The topological polar surface area (TPSA) is 38.0 Å². The summed E-state index contributed by atoms with van der Waals surface area (Å²) in [6, 6.07) is 0. The molecule has 3 fully saturated rings. The van der Waals surface area contributed by atoms with Crippen LogP contribution in [0.3, 0.4) is 0 Å². The van der Waals surface area contributed by atoms with Gasteiger partial charge in [0, 0.05) is 9.86 Å². The van der Waals surface area contributed by atoms with Gasteiger partial charge in [-0.2, -0.15) is 0 Å². The van der Waals surface area contributed by atoms with E-state index in [4.69, 9.17) is 5.84 Å². The summed E-state index contributed by atoms with van der Waals surface area (Å²) in [6.07, 6.45) is 3.66. The summed E-state index contributed by atoms with van der Waals surface area (Å²) < 4.78 is 0.499. The molecular weight excluding hydrogens is 168 g/mol. The Bertz CT molecular complexity index is 115. The molecular formula is C5H9BrN2. The highest BCUT2D eigenvalue weighted by molar-refractivity contribution is 9.10. The average molecular weight is 177 g/mol. The van der Waals surface area contributed by atoms with Crippen LogP contribution in [-0.2, 0) is 0 Å². The lowest BCUT2D eigenvalue weighted by Crippen LogP contribution is -2.76. The Balaban J connectivity index is 2.04. The van der Waals surface area contributed by atoms with Crippen LogP contribution in [0, 0.1) is 0 Å². The Labute approximate surface area is 56.9 Å². The first-order valence-electron chi connectivity index (χ1n) is 2.85. The summed E-state index contributed by atoms with van der Waals surface area (Å²) in [5.41, 5.74) is 3.19. The minimum absolute atomic E-state index is 0.351. The zero-order valence-corrected chi connectivity index (χ0v) is 6.16. The Kier molecular flexibility index (Phi) is 0.733. The number of hydrogen-bond acceptors (Lipinski definition) is 2. The lowest BCUT2D eigenvalue weighted by Gasteiger charge is -2.67. The molecule has 0 heterocycles. The van der Waals surface area contributed by atoms with Crippen molar-refractivity contribution in [3.63, 3.8) is 0 Å². The molecule has 0 aromatic heterocycles. The molecule has 0 saturated heterocycles. The Morgan fingerprint density at radius 2 is 1.88 bits per heavy atom. The van der Waals surface area contributed by atoms with Crippen molar-refractivity contribution < 1.29 is 0 Å². The van der Waals surface area contributed by atoms with E-state index in [0.717, 1.165) is 0 Å². The zero-order chi connectivity index (χ0) is 5.83. The lowest BCUT2D eigenvalue weighted by atomic mass is 9.50. The van der Waals surface area contributed by atoms with Gasteiger partial charge in [0.1, 0.15) is 0 Å². The predicted octanol–water partition coefficient (Wildman–Crippen LogP) is 0.520. The van der Waals surface area contributed by atoms with Gasteiger partial charge >= 0.3 is 0 Å². The van der Waals surface area contributed by atoms with Gasteiger partial charge < -0.3 is 0 Å². The van der Waals surface area contributed by atoms with Crippen LogP contribution in [0.2, 0.25) is 0 Å². The van der Waals surface area contributed by atoms with E-state index in [1.165, 1.54) is 19.3 Å². The largest absolute Gasteiger partial charge is 0.271 e. The number of nitrogens with two attached hydrogens (primary N) is 1. The van der Waals surface area contributed by atoms with Gasteiger partial charge in [-0.25, -0.2) is 0 Å². The van der Waals surface area contributed by atoms with E-state index in [1.807, 2.05) is 0 Å². The van der Waals surface area contributed by atoms with Crippen molar-refractivity contribution >= 4 is 15.9 Å². The molecule has 0 radical (unpaired) electrons. The highest BCUT2D eigenvalue weighted by Gasteiger charge is 2.66. The molecule has 0 atom stereocenters. The van der Waals surface area contributed by atoms with Gasteiger partial charge in [-0.1, -0.05) is 15.9 Å². The summed E-state index contributed by atoms with van der Waals surface area (Å²) >= 11 is 3.61. The van der Waals surface area contributed by atoms with Crippen LogP contribution < -0.4 is 11.3 Å². The molecule has 0 unspecified atom stereocenters. The minimum Gasteiger partial charge on any atom is -0.271 e. The Hall–Kier alpha value is 0.400. The molecule has 3 aliphatic rings. The lowest BCUT2D eigenvalue weighted by molar-refractivity contribution is -0.0135. The molecule has 3 rings (SSSR count). The molecule has 3 aliphatic carbocycles. The molecule has 2 bridgehead atoms. The fraction of sp³-hybridized carbons (Fsp3) is 1.00. The maximum absolute atomic E-state index is 5.29. The molecule has 3 heteroatoms. The second-order valence-corrected chi connectivity index (χ2v) is 4.79. The van der Waals surface area contributed by atoms with E-state index < -0.39 is 0 Å². The quantitative estimate of drug-likeness (QED) is 0.348.